The Bertz CT molecular complexity index is 724. The number of anilines is 1. The second kappa shape index (κ2) is 5.17. The first-order valence-corrected chi connectivity index (χ1v) is 6.69. The molecule has 1 fully saturated rings. The van der Waals surface area contributed by atoms with Gasteiger partial charge in [-0.15, -0.1) is 5.10 Å². The molecule has 2 aromatic rings. The van der Waals surface area contributed by atoms with Crippen molar-refractivity contribution in [2.75, 3.05) is 5.32 Å². The second-order valence-electron chi connectivity index (χ2n) is 4.77. The Balaban J connectivity index is 1.74. The summed E-state index contributed by atoms with van der Waals surface area (Å²) in [4.78, 5) is 27.0. The number of carbonyl (C=O) groups excluding carboxylic acids is 1. The zero-order valence-corrected chi connectivity index (χ0v) is 11.5. The lowest BCUT2D eigenvalue weighted by Crippen LogP contribution is -2.14. The summed E-state index contributed by atoms with van der Waals surface area (Å²) in [7, 11) is 0. The summed E-state index contributed by atoms with van der Waals surface area (Å²) in [6.45, 7) is 0. The van der Waals surface area contributed by atoms with Crippen molar-refractivity contribution in [3.05, 3.63) is 40.4 Å². The summed E-state index contributed by atoms with van der Waals surface area (Å²) in [5, 5.41) is 18.1. The van der Waals surface area contributed by atoms with Gasteiger partial charge in [0.25, 0.3) is 5.91 Å². The van der Waals surface area contributed by atoms with Crippen molar-refractivity contribution >= 4 is 29.2 Å². The van der Waals surface area contributed by atoms with Gasteiger partial charge in [-0.1, -0.05) is 11.6 Å². The number of H-pyrrole nitrogens is 1. The summed E-state index contributed by atoms with van der Waals surface area (Å²) < 4.78 is 0. The molecule has 108 valence electrons. The third-order valence-corrected chi connectivity index (χ3v) is 3.44. The van der Waals surface area contributed by atoms with Gasteiger partial charge in [0.1, 0.15) is 5.82 Å². The molecule has 21 heavy (non-hydrogen) atoms. The Morgan fingerprint density at radius 2 is 2.14 bits per heavy atom. The van der Waals surface area contributed by atoms with E-state index < -0.39 is 11.9 Å². The van der Waals surface area contributed by atoms with Crippen molar-refractivity contribution in [2.45, 2.75) is 18.8 Å². The highest BCUT2D eigenvalue weighted by Crippen LogP contribution is 2.37. The normalized spacial score (nSPS) is 14.0. The number of carboxylic acids is 1. The van der Waals surface area contributed by atoms with Crippen molar-refractivity contribution in [2.24, 2.45) is 0 Å². The van der Waals surface area contributed by atoms with Gasteiger partial charge in [0.05, 0.1) is 10.6 Å². The van der Waals surface area contributed by atoms with E-state index >= 15 is 0 Å². The molecular weight excluding hydrogens is 296 g/mol. The predicted molar refractivity (Wildman–Crippen MR) is 74.7 cm³/mol. The maximum Gasteiger partial charge on any atom is 0.337 e. The molecule has 0 unspecified atom stereocenters. The van der Waals surface area contributed by atoms with Crippen LogP contribution in [0.5, 0.6) is 0 Å². The minimum atomic E-state index is -1.12. The molecule has 8 heteroatoms. The van der Waals surface area contributed by atoms with Crippen LogP contribution in [0, 0.1) is 0 Å². The van der Waals surface area contributed by atoms with Crippen LogP contribution in [-0.4, -0.2) is 32.2 Å². The Hall–Kier alpha value is -2.41. The standard InChI is InChI=1S/C13H11ClN4O3/c14-9-5-7(3-4-8(9)13(20)21)15-12(19)11-16-10(17-18-11)6-1-2-6/h3-6H,1-2H2,(H,15,19)(H,20,21)(H,16,17,18). The van der Waals surface area contributed by atoms with E-state index in [1.54, 1.807) is 0 Å². The smallest absolute Gasteiger partial charge is 0.337 e. The predicted octanol–water partition coefficient (Wildman–Crippen LogP) is 2.29. The molecule has 3 rings (SSSR count). The molecule has 7 nitrogen and oxygen atoms in total. The molecule has 0 saturated heterocycles. The zero-order chi connectivity index (χ0) is 15.0. The highest BCUT2D eigenvalue weighted by atomic mass is 35.5. The van der Waals surface area contributed by atoms with Gasteiger partial charge in [-0.25, -0.2) is 9.78 Å². The fraction of sp³-hybridized carbons (Fsp3) is 0.231. The molecule has 1 aromatic carbocycles. The number of nitrogens with one attached hydrogen (secondary N) is 2. The molecule has 3 N–H and O–H groups in total. The average molecular weight is 307 g/mol. The quantitative estimate of drug-likeness (QED) is 0.803. The monoisotopic (exact) mass is 306 g/mol. The van der Waals surface area contributed by atoms with E-state index in [9.17, 15) is 9.59 Å². The van der Waals surface area contributed by atoms with Crippen molar-refractivity contribution in [1.29, 1.82) is 0 Å². The summed E-state index contributed by atoms with van der Waals surface area (Å²) >= 11 is 5.84. The molecule has 0 atom stereocenters. The SMILES string of the molecule is O=C(Nc1ccc(C(=O)O)c(Cl)c1)c1n[nH]c(C2CC2)n1. The van der Waals surface area contributed by atoms with Gasteiger partial charge in [-0.3, -0.25) is 9.89 Å². The lowest BCUT2D eigenvalue weighted by atomic mass is 10.2. The number of hydrogen-bond donors (Lipinski definition) is 3. The van der Waals surface area contributed by atoms with Crippen LogP contribution in [-0.2, 0) is 0 Å². The van der Waals surface area contributed by atoms with E-state index in [1.165, 1.54) is 18.2 Å². The van der Waals surface area contributed by atoms with Crippen LogP contribution in [0.1, 0.15) is 45.6 Å². The number of halogens is 1. The molecule has 0 radical (unpaired) electrons. The Morgan fingerprint density at radius 3 is 2.76 bits per heavy atom. The van der Waals surface area contributed by atoms with Gasteiger partial charge in [-0.05, 0) is 31.0 Å². The Kier molecular flexibility index (Phi) is 3.34. The number of carboxylic acid groups (broad SMARTS) is 1. The maximum absolute atomic E-state index is 12.0. The lowest BCUT2D eigenvalue weighted by Gasteiger charge is -2.04. The average Bonchev–Trinajstić information content (AvgIpc) is 3.16. The first-order chi connectivity index (χ1) is 10.0. The largest absolute Gasteiger partial charge is 0.478 e. The minimum absolute atomic E-state index is 0.0245. The van der Waals surface area contributed by atoms with Crippen LogP contribution < -0.4 is 5.32 Å². The number of hydrogen-bond acceptors (Lipinski definition) is 4. The van der Waals surface area contributed by atoms with Gasteiger partial charge < -0.3 is 10.4 Å². The summed E-state index contributed by atoms with van der Waals surface area (Å²) in [6, 6.07) is 4.16. The van der Waals surface area contributed by atoms with Crippen molar-refractivity contribution < 1.29 is 14.7 Å². The molecule has 0 bridgehead atoms. The number of rotatable bonds is 4. The number of carbonyl (C=O) groups is 2. The molecule has 0 aliphatic heterocycles. The molecule has 1 aromatic heterocycles. The number of benzene rings is 1. The number of aromatic carboxylic acids is 1. The van der Waals surface area contributed by atoms with E-state index in [2.05, 4.69) is 20.5 Å². The molecule has 1 amide bonds. The third-order valence-electron chi connectivity index (χ3n) is 3.13. The minimum Gasteiger partial charge on any atom is -0.478 e. The van der Waals surface area contributed by atoms with E-state index in [0.717, 1.165) is 18.7 Å². The zero-order valence-electron chi connectivity index (χ0n) is 10.8. The van der Waals surface area contributed by atoms with Crippen LogP contribution in [0.15, 0.2) is 18.2 Å². The van der Waals surface area contributed by atoms with Gasteiger partial charge in [0.2, 0.25) is 5.82 Å². The van der Waals surface area contributed by atoms with E-state index in [0.29, 0.717) is 11.6 Å². The Morgan fingerprint density at radius 1 is 1.38 bits per heavy atom. The van der Waals surface area contributed by atoms with Crippen molar-refractivity contribution in [1.82, 2.24) is 15.2 Å². The van der Waals surface area contributed by atoms with Crippen molar-refractivity contribution in [3.63, 3.8) is 0 Å². The number of aromatic amines is 1. The Labute approximate surface area is 124 Å². The molecule has 1 saturated carbocycles. The summed E-state index contributed by atoms with van der Waals surface area (Å²) in [5.74, 6) is -0.448. The van der Waals surface area contributed by atoms with E-state index in [4.69, 9.17) is 16.7 Å². The highest BCUT2D eigenvalue weighted by molar-refractivity contribution is 6.33. The van der Waals surface area contributed by atoms with Crippen LogP contribution in [0.25, 0.3) is 0 Å². The summed E-state index contributed by atoms with van der Waals surface area (Å²) in [6.07, 6.45) is 2.12. The molecule has 0 spiro atoms. The fourth-order valence-electron chi connectivity index (χ4n) is 1.87. The lowest BCUT2D eigenvalue weighted by molar-refractivity contribution is 0.0697. The number of aromatic nitrogens is 3. The number of nitrogens with zero attached hydrogens (tertiary/aromatic N) is 2. The van der Waals surface area contributed by atoms with Crippen LogP contribution in [0.4, 0.5) is 5.69 Å². The van der Waals surface area contributed by atoms with Gasteiger partial charge >= 0.3 is 5.97 Å². The van der Waals surface area contributed by atoms with Crippen LogP contribution in [0.2, 0.25) is 5.02 Å². The maximum atomic E-state index is 12.0. The topological polar surface area (TPSA) is 108 Å². The first-order valence-electron chi connectivity index (χ1n) is 6.31. The molecule has 1 aliphatic rings. The van der Waals surface area contributed by atoms with Gasteiger partial charge in [-0.2, -0.15) is 0 Å². The summed E-state index contributed by atoms with van der Waals surface area (Å²) in [5.41, 5.74) is 0.358. The van der Waals surface area contributed by atoms with Crippen LogP contribution in [0.3, 0.4) is 0 Å². The highest BCUT2D eigenvalue weighted by Gasteiger charge is 2.28. The first kappa shape index (κ1) is 13.6. The molecule has 1 aliphatic carbocycles. The van der Waals surface area contributed by atoms with Crippen molar-refractivity contribution in [3.8, 4) is 0 Å². The molecule has 1 heterocycles. The second-order valence-corrected chi connectivity index (χ2v) is 5.18. The van der Waals surface area contributed by atoms with Gasteiger partial charge in [0, 0.05) is 11.6 Å². The van der Waals surface area contributed by atoms with E-state index in [1.807, 2.05) is 0 Å². The fourth-order valence-corrected chi connectivity index (χ4v) is 2.13. The number of amides is 1. The van der Waals surface area contributed by atoms with Gasteiger partial charge in [0.15, 0.2) is 0 Å². The molecular formula is C13H11ClN4O3. The third kappa shape index (κ3) is 2.87. The van der Waals surface area contributed by atoms with E-state index in [-0.39, 0.29) is 16.4 Å². The van der Waals surface area contributed by atoms with Crippen LogP contribution >= 0.6 is 11.6 Å².